The third-order valence-corrected chi connectivity index (χ3v) is 2.56. The molecule has 0 fully saturated rings. The van der Waals surface area contributed by atoms with E-state index in [0.29, 0.717) is 6.61 Å². The van der Waals surface area contributed by atoms with Gasteiger partial charge in [0, 0.05) is 16.5 Å². The maximum absolute atomic E-state index is 5.66. The van der Waals surface area contributed by atoms with E-state index in [2.05, 4.69) is 23.7 Å². The third-order valence-electron chi connectivity index (χ3n) is 2.56. The van der Waals surface area contributed by atoms with E-state index in [1.54, 1.807) is 6.08 Å². The van der Waals surface area contributed by atoms with E-state index in [9.17, 15) is 0 Å². The second-order valence-corrected chi connectivity index (χ2v) is 4.29. The van der Waals surface area contributed by atoms with Crippen molar-refractivity contribution in [3.05, 3.63) is 49.1 Å². The van der Waals surface area contributed by atoms with Crippen LogP contribution in [-0.2, 0) is 0 Å². The molecule has 0 saturated heterocycles. The topological polar surface area (TPSA) is 21.6 Å². The predicted octanol–water partition coefficient (Wildman–Crippen LogP) is 4.52. The fourth-order valence-corrected chi connectivity index (χ4v) is 1.87. The second kappa shape index (κ2) is 5.50. The Labute approximate surface area is 108 Å². The molecule has 0 unspecified atom stereocenters. The standard InChI is InChI=1S/C16H17NO/c1-4-11-18-16-10-9-15(17-12(2)3)13-7-5-6-8-14(13)16/h4-10H,1,11H2,2-3H3. The van der Waals surface area contributed by atoms with Crippen LogP contribution in [-0.4, -0.2) is 12.3 Å². The van der Waals surface area contributed by atoms with E-state index >= 15 is 0 Å². The van der Waals surface area contributed by atoms with Gasteiger partial charge in [0.25, 0.3) is 0 Å². The van der Waals surface area contributed by atoms with Gasteiger partial charge in [0.2, 0.25) is 0 Å². The molecule has 0 aliphatic heterocycles. The average Bonchev–Trinajstić information content (AvgIpc) is 2.37. The van der Waals surface area contributed by atoms with E-state index in [1.807, 2.05) is 38.1 Å². The van der Waals surface area contributed by atoms with Crippen LogP contribution in [0.4, 0.5) is 5.69 Å². The summed E-state index contributed by atoms with van der Waals surface area (Å²) in [5, 5.41) is 2.20. The van der Waals surface area contributed by atoms with Crippen LogP contribution in [0.1, 0.15) is 13.8 Å². The van der Waals surface area contributed by atoms with Crippen LogP contribution in [0.3, 0.4) is 0 Å². The molecule has 18 heavy (non-hydrogen) atoms. The molecule has 0 amide bonds. The van der Waals surface area contributed by atoms with Gasteiger partial charge in [-0.2, -0.15) is 0 Å². The van der Waals surface area contributed by atoms with Gasteiger partial charge in [-0.05, 0) is 26.0 Å². The minimum atomic E-state index is 0.513. The highest BCUT2D eigenvalue weighted by Gasteiger charge is 2.05. The van der Waals surface area contributed by atoms with Gasteiger partial charge >= 0.3 is 0 Å². The monoisotopic (exact) mass is 239 g/mol. The highest BCUT2D eigenvalue weighted by Crippen LogP contribution is 2.33. The first-order chi connectivity index (χ1) is 8.72. The van der Waals surface area contributed by atoms with Crippen LogP contribution in [0.2, 0.25) is 0 Å². The maximum Gasteiger partial charge on any atom is 0.127 e. The van der Waals surface area contributed by atoms with Crippen LogP contribution in [0.25, 0.3) is 10.8 Å². The molecule has 0 radical (unpaired) electrons. The van der Waals surface area contributed by atoms with E-state index < -0.39 is 0 Å². The van der Waals surface area contributed by atoms with E-state index in [4.69, 9.17) is 4.74 Å². The summed E-state index contributed by atoms with van der Waals surface area (Å²) in [6, 6.07) is 12.1. The molecule has 2 heteroatoms. The van der Waals surface area contributed by atoms with Crippen LogP contribution in [0, 0.1) is 0 Å². The van der Waals surface area contributed by atoms with Crippen LogP contribution < -0.4 is 4.74 Å². The van der Waals surface area contributed by atoms with Crippen LogP contribution in [0.5, 0.6) is 5.75 Å². The molecular formula is C16H17NO. The van der Waals surface area contributed by atoms with Crippen molar-refractivity contribution in [1.82, 2.24) is 0 Å². The average molecular weight is 239 g/mol. The molecule has 0 aromatic heterocycles. The molecule has 0 N–H and O–H groups in total. The van der Waals surface area contributed by atoms with Gasteiger partial charge in [0.15, 0.2) is 0 Å². The summed E-state index contributed by atoms with van der Waals surface area (Å²) in [5.41, 5.74) is 2.02. The molecule has 92 valence electrons. The fourth-order valence-electron chi connectivity index (χ4n) is 1.87. The van der Waals surface area contributed by atoms with Crippen molar-refractivity contribution in [2.24, 2.45) is 4.99 Å². The van der Waals surface area contributed by atoms with E-state index in [-0.39, 0.29) is 0 Å². The molecular weight excluding hydrogens is 222 g/mol. The van der Waals surface area contributed by atoms with Crippen molar-refractivity contribution < 1.29 is 4.74 Å². The normalized spacial score (nSPS) is 10.1. The van der Waals surface area contributed by atoms with Crippen LogP contribution in [0.15, 0.2) is 54.0 Å². The number of nitrogens with zero attached hydrogens (tertiary/aromatic N) is 1. The fraction of sp³-hybridized carbons (Fsp3) is 0.188. The van der Waals surface area contributed by atoms with Crippen molar-refractivity contribution in [2.45, 2.75) is 13.8 Å². The summed E-state index contributed by atoms with van der Waals surface area (Å²) >= 11 is 0. The summed E-state index contributed by atoms with van der Waals surface area (Å²) in [7, 11) is 0. The van der Waals surface area contributed by atoms with Gasteiger partial charge in [-0.1, -0.05) is 36.9 Å². The summed E-state index contributed by atoms with van der Waals surface area (Å²) in [5.74, 6) is 0.873. The third kappa shape index (κ3) is 2.59. The number of hydrogen-bond acceptors (Lipinski definition) is 2. The summed E-state index contributed by atoms with van der Waals surface area (Å²) < 4.78 is 5.66. The molecule has 2 aromatic rings. The van der Waals surface area contributed by atoms with Gasteiger partial charge in [-0.15, -0.1) is 0 Å². The maximum atomic E-state index is 5.66. The van der Waals surface area contributed by atoms with E-state index in [0.717, 1.165) is 27.9 Å². The number of ether oxygens (including phenoxy) is 1. The SMILES string of the molecule is C=CCOc1ccc(N=C(C)C)c2ccccc12. The zero-order valence-corrected chi connectivity index (χ0v) is 10.8. The van der Waals surface area contributed by atoms with Gasteiger partial charge in [0.1, 0.15) is 12.4 Å². The largest absolute Gasteiger partial charge is 0.489 e. The minimum absolute atomic E-state index is 0.513. The van der Waals surface area contributed by atoms with Gasteiger partial charge in [-0.25, -0.2) is 0 Å². The summed E-state index contributed by atoms with van der Waals surface area (Å²) in [4.78, 5) is 4.55. The molecule has 0 spiro atoms. The molecule has 2 aromatic carbocycles. The lowest BCUT2D eigenvalue weighted by Crippen LogP contribution is -1.93. The molecule has 0 aliphatic carbocycles. The first-order valence-corrected chi connectivity index (χ1v) is 5.99. The summed E-state index contributed by atoms with van der Waals surface area (Å²) in [6.45, 7) is 8.17. The Morgan fingerprint density at radius 1 is 1.17 bits per heavy atom. The number of hydrogen-bond donors (Lipinski definition) is 0. The molecule has 2 rings (SSSR count). The lowest BCUT2D eigenvalue weighted by molar-refractivity contribution is 0.367. The van der Waals surface area contributed by atoms with Crippen molar-refractivity contribution in [1.29, 1.82) is 0 Å². The predicted molar refractivity (Wildman–Crippen MR) is 78.1 cm³/mol. The number of rotatable bonds is 4. The zero-order valence-electron chi connectivity index (χ0n) is 10.8. The number of benzene rings is 2. The highest BCUT2D eigenvalue weighted by molar-refractivity contribution is 5.99. The first kappa shape index (κ1) is 12.4. The second-order valence-electron chi connectivity index (χ2n) is 4.29. The number of fused-ring (bicyclic) bond motifs is 1. The molecule has 2 nitrogen and oxygen atoms in total. The summed E-state index contributed by atoms with van der Waals surface area (Å²) in [6.07, 6.45) is 1.75. The van der Waals surface area contributed by atoms with Gasteiger partial charge in [-0.3, -0.25) is 4.99 Å². The van der Waals surface area contributed by atoms with Crippen molar-refractivity contribution >= 4 is 22.2 Å². The molecule has 0 heterocycles. The molecule has 0 aliphatic rings. The Morgan fingerprint density at radius 3 is 2.56 bits per heavy atom. The van der Waals surface area contributed by atoms with Crippen molar-refractivity contribution in [3.8, 4) is 5.75 Å². The van der Waals surface area contributed by atoms with Gasteiger partial charge < -0.3 is 4.74 Å². The van der Waals surface area contributed by atoms with Gasteiger partial charge in [0.05, 0.1) is 5.69 Å². The Bertz CT molecular complexity index is 595. The smallest absolute Gasteiger partial charge is 0.127 e. The highest BCUT2D eigenvalue weighted by atomic mass is 16.5. The quantitative estimate of drug-likeness (QED) is 0.568. The Hall–Kier alpha value is -2.09. The Kier molecular flexibility index (Phi) is 3.78. The molecule has 0 atom stereocenters. The van der Waals surface area contributed by atoms with Crippen LogP contribution >= 0.6 is 0 Å². The van der Waals surface area contributed by atoms with Crippen molar-refractivity contribution in [3.63, 3.8) is 0 Å². The zero-order chi connectivity index (χ0) is 13.0. The first-order valence-electron chi connectivity index (χ1n) is 5.99. The lowest BCUT2D eigenvalue weighted by Gasteiger charge is -2.09. The molecule has 0 bridgehead atoms. The van der Waals surface area contributed by atoms with Crippen molar-refractivity contribution in [2.75, 3.05) is 6.61 Å². The molecule has 0 saturated carbocycles. The lowest BCUT2D eigenvalue weighted by atomic mass is 10.1. The Balaban J connectivity index is 2.58. The Morgan fingerprint density at radius 2 is 1.89 bits per heavy atom. The number of aliphatic imine (C=N–C) groups is 1. The van der Waals surface area contributed by atoms with E-state index in [1.165, 1.54) is 0 Å². The minimum Gasteiger partial charge on any atom is -0.489 e.